The lowest BCUT2D eigenvalue weighted by atomic mass is 9.82. The third-order valence-electron chi connectivity index (χ3n) is 2.30. The fourth-order valence-electron chi connectivity index (χ4n) is 1.12. The minimum absolute atomic E-state index is 0.0919. The van der Waals surface area contributed by atoms with Gasteiger partial charge in [0.05, 0.1) is 0 Å². The van der Waals surface area contributed by atoms with Crippen LogP contribution in [0.5, 0.6) is 0 Å². The summed E-state index contributed by atoms with van der Waals surface area (Å²) in [4.78, 5) is 0. The van der Waals surface area contributed by atoms with E-state index in [0.717, 1.165) is 0 Å². The second-order valence-electron chi connectivity index (χ2n) is 3.34. The molecule has 0 unspecified atom stereocenters. The molecule has 0 amide bonds. The summed E-state index contributed by atoms with van der Waals surface area (Å²) in [6.45, 7) is 4.19. The first-order chi connectivity index (χ1) is 5.06. The molecule has 68 valence electrons. The number of aliphatic hydroxyl groups is 2. The maximum Gasteiger partial charge on any atom is 0.0448 e. The summed E-state index contributed by atoms with van der Waals surface area (Å²) >= 11 is 0. The van der Waals surface area contributed by atoms with Crippen LogP contribution in [0, 0.1) is 5.92 Å². The van der Waals surface area contributed by atoms with Gasteiger partial charge in [0.2, 0.25) is 0 Å². The Balaban J connectivity index is 4.01. The van der Waals surface area contributed by atoms with Gasteiger partial charge in [0, 0.05) is 18.8 Å². The molecule has 3 nitrogen and oxygen atoms in total. The Morgan fingerprint density at radius 1 is 1.18 bits per heavy atom. The molecule has 0 aromatic carbocycles. The van der Waals surface area contributed by atoms with Crippen LogP contribution in [-0.2, 0) is 0 Å². The van der Waals surface area contributed by atoms with Crippen LogP contribution in [0.4, 0.5) is 0 Å². The first kappa shape index (κ1) is 10.9. The molecule has 11 heavy (non-hydrogen) atoms. The molecule has 0 bridgehead atoms. The molecule has 0 saturated heterocycles. The van der Waals surface area contributed by atoms with Crippen LogP contribution in [0.1, 0.15) is 26.7 Å². The SMILES string of the molecule is CC(C)C(N)(CCO)CCO. The topological polar surface area (TPSA) is 66.5 Å². The summed E-state index contributed by atoms with van der Waals surface area (Å²) in [5, 5.41) is 17.4. The number of rotatable bonds is 5. The highest BCUT2D eigenvalue weighted by Gasteiger charge is 2.27. The van der Waals surface area contributed by atoms with Crippen molar-refractivity contribution in [1.29, 1.82) is 0 Å². The molecule has 0 aliphatic rings. The van der Waals surface area contributed by atoms with Crippen molar-refractivity contribution in [3.05, 3.63) is 0 Å². The molecular formula is C8H19NO2. The third kappa shape index (κ3) is 3.18. The first-order valence-electron chi connectivity index (χ1n) is 4.07. The van der Waals surface area contributed by atoms with Gasteiger partial charge in [-0.05, 0) is 18.8 Å². The molecule has 0 radical (unpaired) electrons. The molecule has 0 aromatic heterocycles. The van der Waals surface area contributed by atoms with Gasteiger partial charge in [-0.15, -0.1) is 0 Å². The second-order valence-corrected chi connectivity index (χ2v) is 3.34. The largest absolute Gasteiger partial charge is 0.396 e. The van der Waals surface area contributed by atoms with Gasteiger partial charge in [0.15, 0.2) is 0 Å². The fraction of sp³-hybridized carbons (Fsp3) is 1.00. The predicted molar refractivity (Wildman–Crippen MR) is 45.2 cm³/mol. The van der Waals surface area contributed by atoms with Crippen LogP contribution in [0.3, 0.4) is 0 Å². The third-order valence-corrected chi connectivity index (χ3v) is 2.30. The molecule has 0 aromatic rings. The van der Waals surface area contributed by atoms with Gasteiger partial charge in [0.1, 0.15) is 0 Å². The van der Waals surface area contributed by atoms with Crippen molar-refractivity contribution in [2.45, 2.75) is 32.2 Å². The van der Waals surface area contributed by atoms with Gasteiger partial charge in [-0.25, -0.2) is 0 Å². The molecule has 0 atom stereocenters. The highest BCUT2D eigenvalue weighted by atomic mass is 16.3. The second kappa shape index (κ2) is 4.70. The summed E-state index contributed by atoms with van der Waals surface area (Å²) in [5.74, 6) is 0.293. The van der Waals surface area contributed by atoms with E-state index < -0.39 is 5.54 Å². The molecule has 0 heterocycles. The number of aliphatic hydroxyl groups excluding tert-OH is 2. The van der Waals surface area contributed by atoms with Crippen molar-refractivity contribution in [3.8, 4) is 0 Å². The standard InChI is InChI=1S/C8H19NO2/c1-7(2)8(9,3-5-10)4-6-11/h7,10-11H,3-6,9H2,1-2H3. The van der Waals surface area contributed by atoms with E-state index in [1.165, 1.54) is 0 Å². The lowest BCUT2D eigenvalue weighted by Crippen LogP contribution is -2.46. The van der Waals surface area contributed by atoms with Crippen molar-refractivity contribution in [1.82, 2.24) is 0 Å². The van der Waals surface area contributed by atoms with Crippen molar-refractivity contribution < 1.29 is 10.2 Å². The average molecular weight is 161 g/mol. The maximum absolute atomic E-state index is 8.72. The number of hydrogen-bond acceptors (Lipinski definition) is 3. The van der Waals surface area contributed by atoms with Crippen molar-refractivity contribution >= 4 is 0 Å². The Morgan fingerprint density at radius 2 is 1.55 bits per heavy atom. The number of hydrogen-bond donors (Lipinski definition) is 3. The van der Waals surface area contributed by atoms with Crippen LogP contribution in [0.25, 0.3) is 0 Å². The van der Waals surface area contributed by atoms with Crippen LogP contribution >= 0.6 is 0 Å². The zero-order valence-electron chi connectivity index (χ0n) is 7.38. The lowest BCUT2D eigenvalue weighted by Gasteiger charge is -2.32. The molecule has 0 rings (SSSR count). The Hall–Kier alpha value is -0.120. The molecule has 0 fully saturated rings. The highest BCUT2D eigenvalue weighted by Crippen LogP contribution is 2.21. The Kier molecular flexibility index (Phi) is 4.65. The fourth-order valence-corrected chi connectivity index (χ4v) is 1.12. The minimum atomic E-state index is -0.399. The van der Waals surface area contributed by atoms with E-state index in [2.05, 4.69) is 0 Å². The summed E-state index contributed by atoms with van der Waals surface area (Å²) in [6.07, 6.45) is 1.12. The molecule has 3 heteroatoms. The summed E-state index contributed by atoms with van der Waals surface area (Å²) in [6, 6.07) is 0. The van der Waals surface area contributed by atoms with Gasteiger partial charge < -0.3 is 15.9 Å². The Morgan fingerprint density at radius 3 is 1.73 bits per heavy atom. The van der Waals surface area contributed by atoms with Gasteiger partial charge >= 0.3 is 0 Å². The highest BCUT2D eigenvalue weighted by molar-refractivity contribution is 4.86. The van der Waals surface area contributed by atoms with Crippen molar-refractivity contribution in [2.24, 2.45) is 11.7 Å². The predicted octanol–water partition coefficient (Wildman–Crippen LogP) is 0.105. The molecule has 0 aliphatic heterocycles. The number of nitrogens with two attached hydrogens (primary N) is 1. The van der Waals surface area contributed by atoms with Crippen LogP contribution in [-0.4, -0.2) is 29.0 Å². The average Bonchev–Trinajstić information content (AvgIpc) is 1.88. The van der Waals surface area contributed by atoms with E-state index in [1.807, 2.05) is 13.8 Å². The van der Waals surface area contributed by atoms with E-state index in [9.17, 15) is 0 Å². The van der Waals surface area contributed by atoms with E-state index in [1.54, 1.807) is 0 Å². The van der Waals surface area contributed by atoms with Gasteiger partial charge in [0.25, 0.3) is 0 Å². The van der Waals surface area contributed by atoms with Crippen LogP contribution in [0.2, 0.25) is 0 Å². The van der Waals surface area contributed by atoms with E-state index in [4.69, 9.17) is 15.9 Å². The van der Waals surface area contributed by atoms with Gasteiger partial charge in [-0.1, -0.05) is 13.8 Å². The molecule has 0 spiro atoms. The Labute approximate surface area is 68.2 Å². The smallest absolute Gasteiger partial charge is 0.0448 e. The van der Waals surface area contributed by atoms with E-state index in [-0.39, 0.29) is 13.2 Å². The Bertz CT molecular complexity index is 98.3. The van der Waals surface area contributed by atoms with Gasteiger partial charge in [-0.2, -0.15) is 0 Å². The van der Waals surface area contributed by atoms with Crippen LogP contribution < -0.4 is 5.73 Å². The first-order valence-corrected chi connectivity index (χ1v) is 4.07. The van der Waals surface area contributed by atoms with E-state index in [0.29, 0.717) is 18.8 Å². The monoisotopic (exact) mass is 161 g/mol. The van der Waals surface area contributed by atoms with Crippen molar-refractivity contribution in [3.63, 3.8) is 0 Å². The normalized spacial score (nSPS) is 12.5. The van der Waals surface area contributed by atoms with Gasteiger partial charge in [-0.3, -0.25) is 0 Å². The summed E-state index contributed by atoms with van der Waals surface area (Å²) in [5.41, 5.74) is 5.54. The van der Waals surface area contributed by atoms with Crippen molar-refractivity contribution in [2.75, 3.05) is 13.2 Å². The zero-order chi connectivity index (χ0) is 8.91. The lowest BCUT2D eigenvalue weighted by molar-refractivity contribution is 0.159. The quantitative estimate of drug-likeness (QED) is 0.536. The molecule has 0 saturated carbocycles. The minimum Gasteiger partial charge on any atom is -0.396 e. The summed E-state index contributed by atoms with van der Waals surface area (Å²) < 4.78 is 0. The van der Waals surface area contributed by atoms with Crippen LogP contribution in [0.15, 0.2) is 0 Å². The molecule has 0 aliphatic carbocycles. The summed E-state index contributed by atoms with van der Waals surface area (Å²) in [7, 11) is 0. The maximum atomic E-state index is 8.72. The molecular weight excluding hydrogens is 142 g/mol. The molecule has 4 N–H and O–H groups in total. The zero-order valence-corrected chi connectivity index (χ0v) is 7.38. The van der Waals surface area contributed by atoms with E-state index >= 15 is 0 Å².